The first-order valence-corrected chi connectivity index (χ1v) is 12.4. The number of fused-ring (bicyclic) bond motifs is 1. The van der Waals surface area contributed by atoms with Crippen molar-refractivity contribution in [1.29, 1.82) is 0 Å². The normalized spacial score (nSPS) is 11.4. The molecule has 5 rings (SSSR count). The van der Waals surface area contributed by atoms with Crippen LogP contribution in [0.15, 0.2) is 85.6 Å². The average molecular weight is 568 g/mol. The lowest BCUT2D eigenvalue weighted by molar-refractivity contribution is -0.137. The zero-order chi connectivity index (χ0) is 28.1. The van der Waals surface area contributed by atoms with Crippen molar-refractivity contribution in [2.24, 2.45) is 0 Å². The lowest BCUT2D eigenvalue weighted by Crippen LogP contribution is -2.22. The van der Waals surface area contributed by atoms with E-state index in [9.17, 15) is 18.0 Å². The fourth-order valence-corrected chi connectivity index (χ4v) is 4.06. The molecule has 2 aromatic carbocycles. The molecular formula is C28H21ClF3N5O3. The molecule has 5 aromatic rings. The highest BCUT2D eigenvalue weighted by atomic mass is 35.5. The molecule has 40 heavy (non-hydrogen) atoms. The summed E-state index contributed by atoms with van der Waals surface area (Å²) in [5.41, 5.74) is 2.78. The number of imidazole rings is 1. The van der Waals surface area contributed by atoms with E-state index >= 15 is 0 Å². The van der Waals surface area contributed by atoms with Crippen LogP contribution < -0.4 is 14.8 Å². The summed E-state index contributed by atoms with van der Waals surface area (Å²) in [6, 6.07) is 17.0. The molecule has 1 amide bonds. The van der Waals surface area contributed by atoms with E-state index in [1.807, 2.05) is 34.9 Å². The molecular weight excluding hydrogens is 547 g/mol. The molecule has 0 radical (unpaired) electrons. The molecule has 3 aromatic heterocycles. The molecule has 0 aliphatic heterocycles. The Hall–Kier alpha value is -4.64. The number of alkyl halides is 3. The first kappa shape index (κ1) is 26.9. The maximum Gasteiger partial charge on any atom is 0.417 e. The minimum atomic E-state index is -4.53. The molecule has 3 heterocycles. The zero-order valence-corrected chi connectivity index (χ0v) is 21.5. The van der Waals surface area contributed by atoms with Crippen LogP contribution >= 0.6 is 11.6 Å². The Morgan fingerprint density at radius 2 is 1.77 bits per heavy atom. The molecule has 0 saturated carbocycles. The van der Waals surface area contributed by atoms with E-state index in [1.54, 1.807) is 43.0 Å². The Morgan fingerprint density at radius 3 is 2.50 bits per heavy atom. The second-order valence-electron chi connectivity index (χ2n) is 8.56. The Kier molecular flexibility index (Phi) is 7.83. The van der Waals surface area contributed by atoms with Crippen LogP contribution in [-0.2, 0) is 12.7 Å². The summed E-state index contributed by atoms with van der Waals surface area (Å²) in [4.78, 5) is 24.7. The number of pyridine rings is 2. The molecule has 0 atom stereocenters. The zero-order valence-electron chi connectivity index (χ0n) is 20.7. The SMILES string of the molecule is O=C(NCc1cccnc1)c1ccc2c(c1)ncn2-c1ccc(OCCOc2ncc(C(F)(F)F)cc2Cl)cc1. The Bertz CT molecular complexity index is 1630. The van der Waals surface area contributed by atoms with Gasteiger partial charge in [0, 0.05) is 36.4 Å². The number of carbonyl (C=O) groups excluding carboxylic acids is 1. The third-order valence-electron chi connectivity index (χ3n) is 5.83. The second-order valence-corrected chi connectivity index (χ2v) is 8.97. The van der Waals surface area contributed by atoms with Crippen molar-refractivity contribution in [1.82, 2.24) is 24.8 Å². The predicted molar refractivity (Wildman–Crippen MR) is 142 cm³/mol. The highest BCUT2D eigenvalue weighted by molar-refractivity contribution is 6.31. The van der Waals surface area contributed by atoms with Crippen LogP contribution in [0.2, 0.25) is 5.02 Å². The maximum atomic E-state index is 12.7. The maximum absolute atomic E-state index is 12.7. The smallest absolute Gasteiger partial charge is 0.417 e. The number of nitrogens with one attached hydrogen (secondary N) is 1. The van der Waals surface area contributed by atoms with E-state index in [1.165, 1.54) is 0 Å². The number of amides is 1. The van der Waals surface area contributed by atoms with Gasteiger partial charge in [-0.1, -0.05) is 17.7 Å². The summed E-state index contributed by atoms with van der Waals surface area (Å²) < 4.78 is 51.1. The number of hydrogen-bond donors (Lipinski definition) is 1. The van der Waals surface area contributed by atoms with E-state index in [4.69, 9.17) is 21.1 Å². The van der Waals surface area contributed by atoms with E-state index < -0.39 is 11.7 Å². The summed E-state index contributed by atoms with van der Waals surface area (Å²) in [6.07, 6.45) is 1.18. The van der Waals surface area contributed by atoms with Crippen LogP contribution in [0.3, 0.4) is 0 Å². The van der Waals surface area contributed by atoms with Crippen molar-refractivity contribution in [2.75, 3.05) is 13.2 Å². The standard InChI is InChI=1S/C28H21ClF3N5O3/c29-23-13-20(28(30,31)32)16-35-27(23)40-11-10-39-22-6-4-21(5-7-22)37-17-36-24-12-19(3-8-25(24)37)26(38)34-15-18-2-1-9-33-14-18/h1-9,12-14,16-17H,10-11,15H2,(H,34,38). The van der Waals surface area contributed by atoms with Crippen molar-refractivity contribution < 1.29 is 27.4 Å². The van der Waals surface area contributed by atoms with Crippen LogP contribution in [0.25, 0.3) is 16.7 Å². The van der Waals surface area contributed by atoms with Gasteiger partial charge in [0.15, 0.2) is 0 Å². The highest BCUT2D eigenvalue weighted by Crippen LogP contribution is 2.33. The topological polar surface area (TPSA) is 91.2 Å². The predicted octanol–water partition coefficient (Wildman–Crippen LogP) is 5.88. The van der Waals surface area contributed by atoms with Gasteiger partial charge in [-0.15, -0.1) is 0 Å². The van der Waals surface area contributed by atoms with Crippen molar-refractivity contribution >= 4 is 28.5 Å². The molecule has 0 saturated heterocycles. The lowest BCUT2D eigenvalue weighted by Gasteiger charge is -2.11. The number of rotatable bonds is 9. The first-order chi connectivity index (χ1) is 19.3. The Balaban J connectivity index is 1.16. The molecule has 0 aliphatic rings. The van der Waals surface area contributed by atoms with E-state index in [0.717, 1.165) is 22.8 Å². The van der Waals surface area contributed by atoms with Crippen LogP contribution in [0.5, 0.6) is 11.6 Å². The summed E-state index contributed by atoms with van der Waals surface area (Å²) in [5.74, 6) is 0.257. The van der Waals surface area contributed by atoms with Gasteiger partial charge < -0.3 is 14.8 Å². The Morgan fingerprint density at radius 1 is 0.975 bits per heavy atom. The lowest BCUT2D eigenvalue weighted by atomic mass is 10.1. The van der Waals surface area contributed by atoms with Crippen LogP contribution in [0.4, 0.5) is 13.2 Å². The minimum Gasteiger partial charge on any atom is -0.490 e. The molecule has 204 valence electrons. The number of hydrogen-bond acceptors (Lipinski definition) is 6. The third-order valence-corrected chi connectivity index (χ3v) is 6.10. The van der Waals surface area contributed by atoms with Crippen molar-refractivity contribution in [3.8, 4) is 17.3 Å². The van der Waals surface area contributed by atoms with Gasteiger partial charge in [-0.05, 0) is 60.2 Å². The molecule has 12 heteroatoms. The molecule has 0 spiro atoms. The summed E-state index contributed by atoms with van der Waals surface area (Å²) in [6.45, 7) is 0.529. The van der Waals surface area contributed by atoms with E-state index in [2.05, 4.69) is 20.3 Å². The largest absolute Gasteiger partial charge is 0.490 e. The van der Waals surface area contributed by atoms with Crippen molar-refractivity contribution in [3.63, 3.8) is 0 Å². The first-order valence-electron chi connectivity index (χ1n) is 12.0. The minimum absolute atomic E-state index is 0.0319. The summed E-state index contributed by atoms with van der Waals surface area (Å²) >= 11 is 5.84. The van der Waals surface area contributed by atoms with Crippen LogP contribution in [0.1, 0.15) is 21.5 Å². The molecule has 0 unspecified atom stereocenters. The summed E-state index contributed by atoms with van der Waals surface area (Å²) in [7, 11) is 0. The number of ether oxygens (including phenoxy) is 2. The fourth-order valence-electron chi connectivity index (χ4n) is 3.83. The number of halogens is 4. The second kappa shape index (κ2) is 11.6. The highest BCUT2D eigenvalue weighted by Gasteiger charge is 2.31. The number of carbonyl (C=O) groups is 1. The molecule has 0 fully saturated rings. The van der Waals surface area contributed by atoms with Crippen molar-refractivity contribution in [3.05, 3.63) is 107 Å². The fraction of sp³-hybridized carbons (Fsp3) is 0.143. The van der Waals surface area contributed by atoms with Gasteiger partial charge in [0.25, 0.3) is 5.91 Å². The third kappa shape index (κ3) is 6.32. The number of aromatic nitrogens is 4. The summed E-state index contributed by atoms with van der Waals surface area (Å²) in [5, 5.41) is 2.65. The van der Waals surface area contributed by atoms with E-state index in [-0.39, 0.29) is 30.0 Å². The van der Waals surface area contributed by atoms with Gasteiger partial charge in [0.05, 0.1) is 16.6 Å². The monoisotopic (exact) mass is 567 g/mol. The van der Waals surface area contributed by atoms with Gasteiger partial charge in [-0.2, -0.15) is 13.2 Å². The van der Waals surface area contributed by atoms with Crippen molar-refractivity contribution in [2.45, 2.75) is 12.7 Å². The molecule has 0 bridgehead atoms. The van der Waals surface area contributed by atoms with Gasteiger partial charge in [0.1, 0.15) is 30.3 Å². The van der Waals surface area contributed by atoms with Gasteiger partial charge in [-0.3, -0.25) is 14.3 Å². The van der Waals surface area contributed by atoms with Gasteiger partial charge >= 0.3 is 6.18 Å². The van der Waals surface area contributed by atoms with Gasteiger partial charge in [0.2, 0.25) is 5.88 Å². The quantitative estimate of drug-likeness (QED) is 0.224. The number of nitrogens with zero attached hydrogens (tertiary/aromatic N) is 4. The Labute approximate surface area is 231 Å². The van der Waals surface area contributed by atoms with Crippen LogP contribution in [-0.4, -0.2) is 38.6 Å². The van der Waals surface area contributed by atoms with E-state index in [0.29, 0.717) is 29.6 Å². The molecule has 8 nitrogen and oxygen atoms in total. The number of benzene rings is 2. The molecule has 0 aliphatic carbocycles. The molecule has 1 N–H and O–H groups in total. The average Bonchev–Trinajstić information content (AvgIpc) is 3.38. The van der Waals surface area contributed by atoms with Crippen LogP contribution in [0, 0.1) is 0 Å². The van der Waals surface area contributed by atoms with Gasteiger partial charge in [-0.25, -0.2) is 9.97 Å².